The molecule has 0 fully saturated rings. The Kier molecular flexibility index (Phi) is 6.71. The third kappa shape index (κ3) is 4.56. The summed E-state index contributed by atoms with van der Waals surface area (Å²) in [6, 6.07) is 24.4. The molecule has 0 N–H and O–H groups in total. The summed E-state index contributed by atoms with van der Waals surface area (Å²) in [6.45, 7) is 0.953. The quantitative estimate of drug-likeness (QED) is 0.305. The number of nitrogens with zero attached hydrogens (tertiary/aromatic N) is 3. The maximum absolute atomic E-state index is 13.6. The number of pyridine rings is 1. The van der Waals surface area contributed by atoms with Gasteiger partial charge in [0.1, 0.15) is 0 Å². The monoisotopic (exact) mass is 497 g/mol. The topological polar surface area (TPSA) is 82.8 Å². The summed E-state index contributed by atoms with van der Waals surface area (Å²) in [4.78, 5) is 35.5. The van der Waals surface area contributed by atoms with Crippen molar-refractivity contribution in [2.24, 2.45) is 4.99 Å². The molecule has 180 valence electrons. The van der Waals surface area contributed by atoms with Gasteiger partial charge in [-0.1, -0.05) is 59.9 Å². The highest BCUT2D eigenvalue weighted by molar-refractivity contribution is 7.16. The van der Waals surface area contributed by atoms with Crippen molar-refractivity contribution in [2.45, 2.75) is 6.54 Å². The molecule has 0 bridgehead atoms. The van der Waals surface area contributed by atoms with Gasteiger partial charge in [-0.15, -0.1) is 0 Å². The molecule has 0 aliphatic rings. The average Bonchev–Trinajstić information content (AvgIpc) is 3.26. The fraction of sp³-hybridized carbons (Fsp3) is 0.143. The zero-order valence-corrected chi connectivity index (χ0v) is 20.6. The van der Waals surface area contributed by atoms with E-state index in [0.29, 0.717) is 34.8 Å². The Bertz CT molecular complexity index is 1650. The molecule has 2 heterocycles. The predicted octanol–water partition coefficient (Wildman–Crippen LogP) is 5.09. The second kappa shape index (κ2) is 10.2. The highest BCUT2D eigenvalue weighted by Gasteiger charge is 2.16. The first-order valence-electron chi connectivity index (χ1n) is 11.3. The number of ether oxygens (including phenoxy) is 2. The van der Waals surface area contributed by atoms with Crippen LogP contribution in [0, 0.1) is 0 Å². The fourth-order valence-electron chi connectivity index (χ4n) is 4.06. The van der Waals surface area contributed by atoms with E-state index in [1.807, 2.05) is 65.2 Å². The van der Waals surface area contributed by atoms with Crippen LogP contribution in [0.15, 0.2) is 83.9 Å². The maximum atomic E-state index is 13.6. The standard InChI is InChI=1S/C28H23N3O4S/c1-34-15-14-31-24-13-12-19(27(33)35-2)16-25(24)36-28(31)30-26(32)21-17-23(18-8-4-3-5-9-18)29-22-11-7-6-10-20(21)22/h3-13,16-17H,14-15H2,1-2H3. The molecule has 0 aliphatic carbocycles. The molecule has 0 saturated heterocycles. The fourth-order valence-corrected chi connectivity index (χ4v) is 5.15. The van der Waals surface area contributed by atoms with Crippen molar-refractivity contribution in [3.05, 3.63) is 94.8 Å². The summed E-state index contributed by atoms with van der Waals surface area (Å²) in [5.74, 6) is -0.781. The first-order chi connectivity index (χ1) is 17.6. The normalized spacial score (nSPS) is 11.8. The van der Waals surface area contributed by atoms with Gasteiger partial charge >= 0.3 is 5.97 Å². The van der Waals surface area contributed by atoms with E-state index in [4.69, 9.17) is 14.5 Å². The van der Waals surface area contributed by atoms with E-state index in [1.165, 1.54) is 18.4 Å². The van der Waals surface area contributed by atoms with Gasteiger partial charge in [-0.05, 0) is 30.3 Å². The third-order valence-corrected chi connectivity index (χ3v) is 6.88. The van der Waals surface area contributed by atoms with Crippen molar-refractivity contribution in [1.82, 2.24) is 9.55 Å². The summed E-state index contributed by atoms with van der Waals surface area (Å²) in [5.41, 5.74) is 4.13. The molecular formula is C28H23N3O4S. The number of rotatable bonds is 6. The van der Waals surface area contributed by atoms with Gasteiger partial charge in [0, 0.05) is 24.6 Å². The first-order valence-corrected chi connectivity index (χ1v) is 12.2. The van der Waals surface area contributed by atoms with Crippen LogP contribution in [0.3, 0.4) is 0 Å². The molecule has 0 spiro atoms. The van der Waals surface area contributed by atoms with Crippen LogP contribution in [-0.2, 0) is 16.0 Å². The van der Waals surface area contributed by atoms with Crippen molar-refractivity contribution in [2.75, 3.05) is 20.8 Å². The molecule has 0 saturated carbocycles. The van der Waals surface area contributed by atoms with E-state index in [9.17, 15) is 9.59 Å². The minimum absolute atomic E-state index is 0.364. The first kappa shape index (κ1) is 23.6. The number of aromatic nitrogens is 2. The van der Waals surface area contributed by atoms with Gasteiger partial charge in [0.2, 0.25) is 0 Å². The van der Waals surface area contributed by atoms with E-state index in [0.717, 1.165) is 26.7 Å². The second-order valence-corrected chi connectivity index (χ2v) is 9.07. The van der Waals surface area contributed by atoms with Crippen LogP contribution < -0.4 is 4.80 Å². The molecule has 36 heavy (non-hydrogen) atoms. The number of carbonyl (C=O) groups excluding carboxylic acids is 2. The molecule has 7 nitrogen and oxygen atoms in total. The maximum Gasteiger partial charge on any atom is 0.337 e. The Morgan fingerprint density at radius 3 is 2.53 bits per heavy atom. The van der Waals surface area contributed by atoms with E-state index >= 15 is 0 Å². The van der Waals surface area contributed by atoms with E-state index in [2.05, 4.69) is 4.99 Å². The van der Waals surface area contributed by atoms with Crippen LogP contribution >= 0.6 is 11.3 Å². The van der Waals surface area contributed by atoms with Crippen molar-refractivity contribution in [1.29, 1.82) is 0 Å². The van der Waals surface area contributed by atoms with Crippen molar-refractivity contribution >= 4 is 44.3 Å². The molecule has 8 heteroatoms. The molecule has 0 radical (unpaired) electrons. The van der Waals surface area contributed by atoms with Crippen LogP contribution in [0.4, 0.5) is 0 Å². The van der Waals surface area contributed by atoms with Crippen LogP contribution in [-0.4, -0.2) is 42.3 Å². The van der Waals surface area contributed by atoms with Gasteiger partial charge in [0.15, 0.2) is 4.80 Å². The van der Waals surface area contributed by atoms with Crippen molar-refractivity contribution < 1.29 is 19.1 Å². The minimum Gasteiger partial charge on any atom is -0.465 e. The van der Waals surface area contributed by atoms with Crippen LogP contribution in [0.2, 0.25) is 0 Å². The zero-order chi connectivity index (χ0) is 25.1. The van der Waals surface area contributed by atoms with Crippen molar-refractivity contribution in [3.8, 4) is 11.3 Å². The van der Waals surface area contributed by atoms with E-state index < -0.39 is 5.97 Å². The molecule has 0 atom stereocenters. The number of para-hydroxylation sites is 1. The van der Waals surface area contributed by atoms with Crippen LogP contribution in [0.1, 0.15) is 20.7 Å². The molecule has 5 rings (SSSR count). The lowest BCUT2D eigenvalue weighted by Crippen LogP contribution is -2.19. The lowest BCUT2D eigenvalue weighted by molar-refractivity contribution is 0.0600. The predicted molar refractivity (Wildman–Crippen MR) is 140 cm³/mol. The van der Waals surface area contributed by atoms with Gasteiger partial charge in [-0.2, -0.15) is 4.99 Å². The number of benzene rings is 3. The highest BCUT2D eigenvalue weighted by atomic mass is 32.1. The number of hydrogen-bond acceptors (Lipinski definition) is 6. The number of amides is 1. The minimum atomic E-state index is -0.417. The second-order valence-electron chi connectivity index (χ2n) is 8.06. The van der Waals surface area contributed by atoms with Gasteiger partial charge in [-0.25, -0.2) is 9.78 Å². The summed E-state index contributed by atoms with van der Waals surface area (Å²) in [7, 11) is 2.97. The third-order valence-electron chi connectivity index (χ3n) is 5.84. The number of hydrogen-bond donors (Lipinski definition) is 0. The smallest absolute Gasteiger partial charge is 0.337 e. The molecule has 5 aromatic rings. The Morgan fingerprint density at radius 1 is 0.972 bits per heavy atom. The SMILES string of the molecule is COCCn1c(=NC(=O)c2cc(-c3ccccc3)nc3ccccc23)sc2cc(C(=O)OC)ccc21. The Balaban J connectivity index is 1.67. The molecular weight excluding hydrogens is 474 g/mol. The molecule has 1 amide bonds. The Labute approximate surface area is 211 Å². The van der Waals surface area contributed by atoms with Gasteiger partial charge < -0.3 is 14.0 Å². The number of thiazole rings is 1. The lowest BCUT2D eigenvalue weighted by Gasteiger charge is -2.08. The molecule has 0 unspecified atom stereocenters. The summed E-state index contributed by atoms with van der Waals surface area (Å²) in [5, 5.41) is 0.739. The summed E-state index contributed by atoms with van der Waals surface area (Å²) < 4.78 is 12.9. The van der Waals surface area contributed by atoms with Gasteiger partial charge in [-0.3, -0.25) is 4.79 Å². The highest BCUT2D eigenvalue weighted by Crippen LogP contribution is 2.26. The number of carbonyl (C=O) groups is 2. The van der Waals surface area contributed by atoms with E-state index in [-0.39, 0.29) is 5.91 Å². The Hall–Kier alpha value is -4.14. The Morgan fingerprint density at radius 2 is 1.75 bits per heavy atom. The van der Waals surface area contributed by atoms with Gasteiger partial charge in [0.25, 0.3) is 5.91 Å². The molecule has 0 aliphatic heterocycles. The molecule has 3 aromatic carbocycles. The number of fused-ring (bicyclic) bond motifs is 2. The van der Waals surface area contributed by atoms with Crippen LogP contribution in [0.25, 0.3) is 32.4 Å². The molecule has 2 aromatic heterocycles. The van der Waals surface area contributed by atoms with Crippen LogP contribution in [0.5, 0.6) is 0 Å². The van der Waals surface area contributed by atoms with Crippen molar-refractivity contribution in [3.63, 3.8) is 0 Å². The number of methoxy groups -OCH3 is 2. The summed E-state index contributed by atoms with van der Waals surface area (Å²) >= 11 is 1.34. The van der Waals surface area contributed by atoms with Gasteiger partial charge in [0.05, 0.1) is 46.3 Å². The zero-order valence-electron chi connectivity index (χ0n) is 19.8. The lowest BCUT2D eigenvalue weighted by atomic mass is 10.0. The average molecular weight is 498 g/mol. The van der Waals surface area contributed by atoms with E-state index in [1.54, 1.807) is 25.3 Å². The number of esters is 1. The largest absolute Gasteiger partial charge is 0.465 e. The summed E-state index contributed by atoms with van der Waals surface area (Å²) in [6.07, 6.45) is 0.